The lowest BCUT2D eigenvalue weighted by atomic mass is 9.88. The molecule has 1 amide bonds. The fraction of sp³-hybridized carbons (Fsp3) is 0.588. The van der Waals surface area contributed by atoms with Crippen molar-refractivity contribution in [3.8, 4) is 0 Å². The summed E-state index contributed by atoms with van der Waals surface area (Å²) in [7, 11) is -1.67. The maximum atomic E-state index is 13.5. The van der Waals surface area contributed by atoms with Crippen LogP contribution in [0.5, 0.6) is 0 Å². The van der Waals surface area contributed by atoms with E-state index in [1.54, 1.807) is 6.07 Å². The van der Waals surface area contributed by atoms with Crippen LogP contribution >= 0.6 is 0 Å². The minimum atomic E-state index is -1.67. The molecule has 0 unspecified atom stereocenters. The predicted molar refractivity (Wildman–Crippen MR) is 88.1 cm³/mol. The molecule has 128 valence electrons. The lowest BCUT2D eigenvalue weighted by Crippen LogP contribution is -2.34. The summed E-state index contributed by atoms with van der Waals surface area (Å²) in [5.74, 6) is -0.575. The zero-order chi connectivity index (χ0) is 16.7. The quantitative estimate of drug-likeness (QED) is 0.776. The SMILES string of the molecule is C[C@@H]1CCCC[C@H]1OCCNC(=O)C[S@@](=O)c1ccccc1F. The van der Waals surface area contributed by atoms with E-state index in [4.69, 9.17) is 4.74 Å². The number of carbonyl (C=O) groups excluding carboxylic acids is 1. The summed E-state index contributed by atoms with van der Waals surface area (Å²) < 4.78 is 31.3. The van der Waals surface area contributed by atoms with Crippen molar-refractivity contribution in [2.45, 2.75) is 43.6 Å². The summed E-state index contributed by atoms with van der Waals surface area (Å²) >= 11 is 0. The highest BCUT2D eigenvalue weighted by Gasteiger charge is 2.21. The molecule has 1 aliphatic rings. The average molecular weight is 341 g/mol. The van der Waals surface area contributed by atoms with E-state index in [2.05, 4.69) is 12.2 Å². The summed E-state index contributed by atoms with van der Waals surface area (Å²) in [6.07, 6.45) is 5.00. The van der Waals surface area contributed by atoms with Gasteiger partial charge in [-0.15, -0.1) is 0 Å². The van der Waals surface area contributed by atoms with E-state index in [0.717, 1.165) is 6.42 Å². The van der Waals surface area contributed by atoms with Crippen molar-refractivity contribution in [2.24, 2.45) is 5.92 Å². The molecule has 0 aliphatic heterocycles. The van der Waals surface area contributed by atoms with E-state index in [-0.39, 0.29) is 22.7 Å². The third kappa shape index (κ3) is 5.70. The van der Waals surface area contributed by atoms with Gasteiger partial charge in [-0.2, -0.15) is 0 Å². The zero-order valence-corrected chi connectivity index (χ0v) is 14.2. The van der Waals surface area contributed by atoms with Gasteiger partial charge in [0.15, 0.2) is 0 Å². The molecule has 1 fully saturated rings. The van der Waals surface area contributed by atoms with Gasteiger partial charge in [0.2, 0.25) is 5.91 Å². The van der Waals surface area contributed by atoms with Gasteiger partial charge in [-0.1, -0.05) is 31.9 Å². The van der Waals surface area contributed by atoms with E-state index < -0.39 is 16.6 Å². The molecule has 0 radical (unpaired) electrons. The molecule has 4 nitrogen and oxygen atoms in total. The van der Waals surface area contributed by atoms with Gasteiger partial charge in [0.05, 0.1) is 28.4 Å². The second-order valence-corrected chi connectivity index (χ2v) is 7.36. The molecule has 1 saturated carbocycles. The Labute approximate surface area is 139 Å². The second kappa shape index (κ2) is 9.13. The first-order valence-electron chi connectivity index (χ1n) is 8.09. The normalized spacial score (nSPS) is 22.5. The molecule has 0 aromatic heterocycles. The molecule has 0 saturated heterocycles. The summed E-state index contributed by atoms with van der Waals surface area (Å²) in [5.41, 5.74) is 0. The third-order valence-corrected chi connectivity index (χ3v) is 5.48. The monoisotopic (exact) mass is 341 g/mol. The van der Waals surface area contributed by atoms with Gasteiger partial charge in [0, 0.05) is 6.54 Å². The van der Waals surface area contributed by atoms with Crippen molar-refractivity contribution in [1.82, 2.24) is 5.32 Å². The number of carbonyl (C=O) groups is 1. The van der Waals surface area contributed by atoms with Crippen molar-refractivity contribution in [1.29, 1.82) is 0 Å². The molecule has 1 aromatic carbocycles. The Morgan fingerprint density at radius 1 is 1.35 bits per heavy atom. The highest BCUT2D eigenvalue weighted by molar-refractivity contribution is 7.85. The lowest BCUT2D eigenvalue weighted by molar-refractivity contribution is -0.119. The molecule has 0 spiro atoms. The summed E-state index contributed by atoms with van der Waals surface area (Å²) in [6, 6.07) is 5.81. The Hall–Kier alpha value is -1.27. The number of halogens is 1. The molecule has 0 bridgehead atoms. The Morgan fingerprint density at radius 3 is 2.83 bits per heavy atom. The number of rotatable bonds is 7. The number of benzene rings is 1. The maximum absolute atomic E-state index is 13.5. The largest absolute Gasteiger partial charge is 0.376 e. The number of amides is 1. The molecule has 1 aromatic rings. The minimum Gasteiger partial charge on any atom is -0.376 e. The van der Waals surface area contributed by atoms with Crippen LogP contribution in [0, 0.1) is 11.7 Å². The third-order valence-electron chi connectivity index (χ3n) is 4.13. The Kier molecular flexibility index (Phi) is 7.17. The van der Waals surface area contributed by atoms with Crippen LogP contribution in [0.3, 0.4) is 0 Å². The molecule has 3 atom stereocenters. The van der Waals surface area contributed by atoms with Gasteiger partial charge in [0.1, 0.15) is 11.6 Å². The van der Waals surface area contributed by atoms with Crippen molar-refractivity contribution in [2.75, 3.05) is 18.9 Å². The first-order valence-corrected chi connectivity index (χ1v) is 9.41. The highest BCUT2D eigenvalue weighted by Crippen LogP contribution is 2.25. The minimum absolute atomic E-state index is 0.0648. The van der Waals surface area contributed by atoms with Crippen molar-refractivity contribution in [3.63, 3.8) is 0 Å². The molecular weight excluding hydrogens is 317 g/mol. The van der Waals surface area contributed by atoms with Gasteiger partial charge < -0.3 is 10.1 Å². The highest BCUT2D eigenvalue weighted by atomic mass is 32.2. The van der Waals surface area contributed by atoms with E-state index in [0.29, 0.717) is 19.1 Å². The van der Waals surface area contributed by atoms with Gasteiger partial charge >= 0.3 is 0 Å². The Balaban J connectivity index is 1.67. The van der Waals surface area contributed by atoms with Crippen LogP contribution in [0.1, 0.15) is 32.6 Å². The van der Waals surface area contributed by atoms with E-state index in [1.807, 2.05) is 0 Å². The number of ether oxygens (including phenoxy) is 1. The Bertz CT molecular complexity index is 552. The van der Waals surface area contributed by atoms with Crippen LogP contribution in [0.2, 0.25) is 0 Å². The standard InChI is InChI=1S/C17H24FNO3S/c1-13-6-2-4-8-15(13)22-11-10-19-17(20)12-23(21)16-9-5-3-7-14(16)18/h3,5,7,9,13,15H,2,4,6,8,10-12H2,1H3,(H,19,20)/t13-,15-,23-/m1/s1. The first-order chi connectivity index (χ1) is 11.1. The van der Waals surface area contributed by atoms with Gasteiger partial charge in [-0.3, -0.25) is 9.00 Å². The van der Waals surface area contributed by atoms with Crippen LogP contribution in [-0.2, 0) is 20.3 Å². The van der Waals surface area contributed by atoms with Gasteiger partial charge in [-0.05, 0) is 30.9 Å². The average Bonchev–Trinajstić information content (AvgIpc) is 2.53. The zero-order valence-electron chi connectivity index (χ0n) is 13.4. The van der Waals surface area contributed by atoms with Crippen LogP contribution in [0.4, 0.5) is 4.39 Å². The maximum Gasteiger partial charge on any atom is 0.233 e. The van der Waals surface area contributed by atoms with Crippen molar-refractivity contribution >= 4 is 16.7 Å². The molecule has 23 heavy (non-hydrogen) atoms. The molecule has 0 heterocycles. The van der Waals surface area contributed by atoms with Crippen LogP contribution in [-0.4, -0.2) is 35.1 Å². The summed E-state index contributed by atoms with van der Waals surface area (Å²) in [4.78, 5) is 11.8. The summed E-state index contributed by atoms with van der Waals surface area (Å²) in [6.45, 7) is 3.03. The fourth-order valence-corrected chi connectivity index (χ4v) is 3.82. The molecular formula is C17H24FNO3S. The molecule has 1 N–H and O–H groups in total. The lowest BCUT2D eigenvalue weighted by Gasteiger charge is -2.28. The van der Waals surface area contributed by atoms with E-state index >= 15 is 0 Å². The number of hydrogen-bond acceptors (Lipinski definition) is 3. The summed E-state index contributed by atoms with van der Waals surface area (Å²) in [5, 5.41) is 2.68. The molecule has 2 rings (SSSR count). The van der Waals surface area contributed by atoms with Gasteiger partial charge in [0.25, 0.3) is 0 Å². The second-order valence-electron chi connectivity index (χ2n) is 5.94. The van der Waals surface area contributed by atoms with E-state index in [1.165, 1.54) is 37.5 Å². The van der Waals surface area contributed by atoms with E-state index in [9.17, 15) is 13.4 Å². The van der Waals surface area contributed by atoms with Crippen molar-refractivity contribution in [3.05, 3.63) is 30.1 Å². The predicted octanol–water partition coefficient (Wildman–Crippen LogP) is 2.64. The van der Waals surface area contributed by atoms with Crippen LogP contribution in [0.25, 0.3) is 0 Å². The smallest absolute Gasteiger partial charge is 0.233 e. The molecule has 6 heteroatoms. The molecule has 1 aliphatic carbocycles. The van der Waals surface area contributed by atoms with Crippen LogP contribution in [0.15, 0.2) is 29.2 Å². The first kappa shape index (κ1) is 18.1. The number of nitrogens with one attached hydrogen (secondary N) is 1. The Morgan fingerprint density at radius 2 is 2.09 bits per heavy atom. The van der Waals surface area contributed by atoms with Gasteiger partial charge in [-0.25, -0.2) is 4.39 Å². The van der Waals surface area contributed by atoms with Crippen LogP contribution < -0.4 is 5.32 Å². The fourth-order valence-electron chi connectivity index (χ4n) is 2.81. The van der Waals surface area contributed by atoms with Crippen molar-refractivity contribution < 1.29 is 18.1 Å². The number of hydrogen-bond donors (Lipinski definition) is 1. The topological polar surface area (TPSA) is 55.4 Å².